The van der Waals surface area contributed by atoms with Crippen LogP contribution in [-0.2, 0) is 0 Å². The van der Waals surface area contributed by atoms with E-state index in [2.05, 4.69) is 30.3 Å². The molecule has 0 saturated heterocycles. The monoisotopic (exact) mass is 214 g/mol. The molecule has 0 spiro atoms. The van der Waals surface area contributed by atoms with E-state index >= 15 is 0 Å². The molecule has 9 heavy (non-hydrogen) atoms. The molecule has 0 amide bonds. The molecule has 0 aliphatic carbocycles. The van der Waals surface area contributed by atoms with Crippen LogP contribution in [-0.4, -0.2) is 30.9 Å². The molecule has 0 aromatic heterocycles. The van der Waals surface area contributed by atoms with Gasteiger partial charge in [-0.05, 0) is 0 Å². The molecule has 0 bridgehead atoms. The van der Waals surface area contributed by atoms with Crippen LogP contribution in [0.2, 0.25) is 0 Å². The Morgan fingerprint density at radius 1 is 1.22 bits per heavy atom. The topological polar surface area (TPSA) is 0 Å². The van der Waals surface area contributed by atoms with Crippen molar-refractivity contribution in [3.05, 3.63) is 30.3 Å². The van der Waals surface area contributed by atoms with Crippen LogP contribution >= 0.6 is 0 Å². The Morgan fingerprint density at radius 3 is 2.44 bits per heavy atom. The van der Waals surface area contributed by atoms with E-state index in [-0.39, 0.29) is 14.1 Å². The van der Waals surface area contributed by atoms with Gasteiger partial charge in [-0.2, -0.15) is 0 Å². The van der Waals surface area contributed by atoms with Crippen LogP contribution in [0.4, 0.5) is 0 Å². The third kappa shape index (κ3) is 2.51. The van der Waals surface area contributed by atoms with Crippen LogP contribution in [0.1, 0.15) is 0 Å². The summed E-state index contributed by atoms with van der Waals surface area (Å²) in [7, 11) is 1.92. The van der Waals surface area contributed by atoms with Crippen LogP contribution < -0.4 is 5.19 Å². The molecule has 0 atom stereocenters. The van der Waals surface area contributed by atoms with Crippen molar-refractivity contribution in [2.45, 2.75) is 0 Å². The van der Waals surface area contributed by atoms with Gasteiger partial charge < -0.3 is 0 Å². The zero-order valence-corrected chi connectivity index (χ0v) is 12.2. The predicted molar refractivity (Wildman–Crippen MR) is 53.1 cm³/mol. The third-order valence-electron chi connectivity index (χ3n) is 1.38. The number of rotatable bonds is 2. The van der Waals surface area contributed by atoms with E-state index < -0.39 is 0 Å². The van der Waals surface area contributed by atoms with Crippen LogP contribution in [0.5, 0.6) is 0 Å². The molecule has 48 valence electrons. The summed E-state index contributed by atoms with van der Waals surface area (Å²) in [5.41, 5.74) is 0. The number of benzene rings is 1. The molecule has 1 aromatic carbocycles. The van der Waals surface area contributed by atoms with Crippen molar-refractivity contribution in [2.75, 3.05) is 0 Å². The molecule has 0 fully saturated rings. The fraction of sp³-hybridized carbons (Fsp3) is 0. The molecule has 1 aromatic rings. The van der Waals surface area contributed by atoms with Gasteiger partial charge in [-0.15, -0.1) is 0 Å². The second kappa shape index (κ2) is 4.08. The van der Waals surface area contributed by atoms with Gasteiger partial charge in [-0.1, -0.05) is 0 Å². The fourth-order valence-corrected chi connectivity index (χ4v) is 16.8. The summed E-state index contributed by atoms with van der Waals surface area (Å²) in [6.45, 7) is 0. The van der Waals surface area contributed by atoms with Gasteiger partial charge in [0.25, 0.3) is 0 Å². The summed E-state index contributed by atoms with van der Waals surface area (Å²) in [5.74, 6) is 0. The average Bonchev–Trinajstić information content (AvgIpc) is 1.91. The normalized spacial score (nSPS) is 12.4. The second-order valence-electron chi connectivity index (χ2n) is 2.24. The molecule has 0 saturated carbocycles. The van der Waals surface area contributed by atoms with Gasteiger partial charge in [-0.25, -0.2) is 0 Å². The van der Waals surface area contributed by atoms with Gasteiger partial charge in [0.15, 0.2) is 0 Å². The van der Waals surface area contributed by atoms with Crippen LogP contribution in [0.25, 0.3) is 0 Å². The number of hydrogen-bond acceptors (Lipinski definition) is 0. The van der Waals surface area contributed by atoms with E-state index in [0.29, 0.717) is 8.04 Å². The van der Waals surface area contributed by atoms with Gasteiger partial charge in [0, 0.05) is 0 Å². The Hall–Kier alpha value is 0.197. The minimum absolute atomic E-state index is 0.135. The zero-order valence-electron chi connectivity index (χ0n) is 5.80. The molecule has 3 heteroatoms. The van der Waals surface area contributed by atoms with Crippen LogP contribution in [0.3, 0.4) is 0 Å². The second-order valence-corrected chi connectivity index (χ2v) is 29.6. The molecule has 1 rings (SSSR count). The molecule has 0 nitrogen and oxygen atoms in total. The van der Waals surface area contributed by atoms with Crippen molar-refractivity contribution in [3.63, 3.8) is 0 Å². The standard InChI is InChI=1S/C6H12GeSi2/c8-7-9-6-4-2-1-3-5-6/h1-5H,7,9H2,8H3. The zero-order chi connectivity index (χ0) is 6.53. The van der Waals surface area contributed by atoms with Gasteiger partial charge >= 0.3 is 66.5 Å². The molecule has 0 heterocycles. The summed E-state index contributed by atoms with van der Waals surface area (Å²) in [5, 5.41) is 1.70. The summed E-state index contributed by atoms with van der Waals surface area (Å²) < 4.78 is 0. The molecule has 0 aliphatic rings. The van der Waals surface area contributed by atoms with E-state index in [1.165, 1.54) is 0 Å². The van der Waals surface area contributed by atoms with E-state index in [4.69, 9.17) is 0 Å². The van der Waals surface area contributed by atoms with Crippen molar-refractivity contribution in [1.82, 2.24) is 0 Å². The SMILES string of the molecule is [SiH3][GeH2][SiH2]c1ccccc1. The summed E-state index contributed by atoms with van der Waals surface area (Å²) >= 11 is 0.135. The first-order valence-corrected chi connectivity index (χ1v) is 21.8. The molecule has 0 N–H and O–H groups in total. The number of hydrogen-bond donors (Lipinski definition) is 0. The van der Waals surface area contributed by atoms with Crippen molar-refractivity contribution >= 4 is 36.1 Å². The van der Waals surface area contributed by atoms with Crippen LogP contribution in [0, 0.1) is 0 Å². The Bertz CT molecular complexity index is 164. The Kier molecular flexibility index (Phi) is 3.31. The molecular formula is C6H12GeSi2. The Balaban J connectivity index is 2.61. The minimum atomic E-state index is 0.135. The predicted octanol–water partition coefficient (Wildman–Crippen LogP) is -2.16. The summed E-state index contributed by atoms with van der Waals surface area (Å²) in [6, 6.07) is 11.0. The average molecular weight is 213 g/mol. The van der Waals surface area contributed by atoms with Crippen molar-refractivity contribution in [1.29, 1.82) is 0 Å². The molecule has 0 aliphatic heterocycles. The van der Waals surface area contributed by atoms with Gasteiger partial charge in [0.05, 0.1) is 0 Å². The van der Waals surface area contributed by atoms with E-state index in [9.17, 15) is 0 Å². The van der Waals surface area contributed by atoms with Gasteiger partial charge in [-0.3, -0.25) is 0 Å². The first-order chi connectivity index (χ1) is 4.43. The molecule has 0 unspecified atom stereocenters. The molecular weight excluding hydrogens is 201 g/mol. The van der Waals surface area contributed by atoms with Gasteiger partial charge in [0.2, 0.25) is 0 Å². The first kappa shape index (κ1) is 7.31. The fourth-order valence-electron chi connectivity index (χ4n) is 0.933. The third-order valence-corrected chi connectivity index (χ3v) is 17.5. The maximum absolute atomic E-state index is 2.30. The Labute approximate surface area is 66.6 Å². The van der Waals surface area contributed by atoms with Crippen molar-refractivity contribution in [3.8, 4) is 0 Å². The maximum atomic E-state index is 2.30. The Morgan fingerprint density at radius 2 is 1.89 bits per heavy atom. The van der Waals surface area contributed by atoms with E-state index in [0.717, 1.165) is 0 Å². The van der Waals surface area contributed by atoms with E-state index in [1.54, 1.807) is 14.0 Å². The first-order valence-electron chi connectivity index (χ1n) is 3.47. The van der Waals surface area contributed by atoms with Gasteiger partial charge in [0.1, 0.15) is 0 Å². The quantitative estimate of drug-likeness (QED) is 0.491. The summed E-state index contributed by atoms with van der Waals surface area (Å²) in [4.78, 5) is 0. The van der Waals surface area contributed by atoms with Crippen molar-refractivity contribution in [2.24, 2.45) is 0 Å². The van der Waals surface area contributed by atoms with E-state index in [1.807, 2.05) is 0 Å². The summed E-state index contributed by atoms with van der Waals surface area (Å²) in [6.07, 6.45) is 0. The van der Waals surface area contributed by atoms with Crippen molar-refractivity contribution < 1.29 is 0 Å². The van der Waals surface area contributed by atoms with Crippen LogP contribution in [0.15, 0.2) is 30.3 Å². The molecule has 0 radical (unpaired) electrons.